The van der Waals surface area contributed by atoms with Crippen LogP contribution >= 0.6 is 11.3 Å². The highest BCUT2D eigenvalue weighted by atomic mass is 32.1. The van der Waals surface area contributed by atoms with E-state index < -0.39 is 0 Å². The smallest absolute Gasteiger partial charge is 0.164 e. The van der Waals surface area contributed by atoms with Gasteiger partial charge in [-0.05, 0) is 94.1 Å². The number of para-hydroxylation sites is 2. The van der Waals surface area contributed by atoms with Crippen molar-refractivity contribution < 1.29 is 0 Å². The zero-order chi connectivity index (χ0) is 46.3. The summed E-state index contributed by atoms with van der Waals surface area (Å²) < 4.78 is 4.77. The summed E-state index contributed by atoms with van der Waals surface area (Å²) in [6.07, 6.45) is 6.34. The Balaban J connectivity index is 1.05. The minimum absolute atomic E-state index is 0.617. The molecule has 0 saturated carbocycles. The Morgan fingerprint density at radius 1 is 0.406 bits per heavy atom. The molecule has 3 aromatic heterocycles. The van der Waals surface area contributed by atoms with Crippen molar-refractivity contribution >= 4 is 55.9 Å². The molecular formula is C64H44N4S. The van der Waals surface area contributed by atoms with Crippen LogP contribution in [-0.4, -0.2) is 19.5 Å². The molecule has 0 aliphatic heterocycles. The van der Waals surface area contributed by atoms with Gasteiger partial charge in [0.2, 0.25) is 0 Å². The van der Waals surface area contributed by atoms with E-state index in [1.165, 1.54) is 37.7 Å². The molecule has 0 aliphatic carbocycles. The first kappa shape index (κ1) is 41.6. The van der Waals surface area contributed by atoms with E-state index in [0.29, 0.717) is 17.5 Å². The van der Waals surface area contributed by atoms with Gasteiger partial charge in [-0.15, -0.1) is 11.3 Å². The Kier molecular flexibility index (Phi) is 10.7. The molecule has 0 fully saturated rings. The summed E-state index contributed by atoms with van der Waals surface area (Å²) in [5.41, 5.74) is 15.4. The van der Waals surface area contributed by atoms with Crippen LogP contribution < -0.4 is 9.75 Å². The average molecular weight is 901 g/mol. The molecule has 0 radical (unpaired) electrons. The van der Waals surface area contributed by atoms with Crippen LogP contribution in [0.15, 0.2) is 231 Å². The van der Waals surface area contributed by atoms with Crippen molar-refractivity contribution in [2.24, 2.45) is 0 Å². The van der Waals surface area contributed by atoms with Crippen molar-refractivity contribution in [1.82, 2.24) is 19.5 Å². The summed E-state index contributed by atoms with van der Waals surface area (Å²) in [5, 5.41) is 4.57. The molecule has 3 heterocycles. The Hall–Kier alpha value is -8.77. The SMILES string of the molecule is C=c1/c(=C\C=C/C)sc2c(-c3cccc(-c4nc(-c5ccccc5)nc(-c5ccccc5)n4)c3)cc(-c3ccccc3-n3c4ccccc4c4ccc(-c5cccc(-c6ccccc6)c5)cc43)cc12. The number of nitrogens with zero attached hydrogens (tertiary/aromatic N) is 4. The second-order valence-corrected chi connectivity index (χ2v) is 18.3. The Labute approximate surface area is 404 Å². The maximum atomic E-state index is 5.10. The average Bonchev–Trinajstić information content (AvgIpc) is 3.93. The fourth-order valence-corrected chi connectivity index (χ4v) is 10.7. The molecule has 4 nitrogen and oxygen atoms in total. The van der Waals surface area contributed by atoms with Crippen LogP contribution in [0, 0.1) is 0 Å². The van der Waals surface area contributed by atoms with Gasteiger partial charge in [0.15, 0.2) is 17.5 Å². The van der Waals surface area contributed by atoms with E-state index >= 15 is 0 Å². The van der Waals surface area contributed by atoms with E-state index in [1.807, 2.05) is 67.6 Å². The molecule has 9 aromatic carbocycles. The number of fused-ring (bicyclic) bond motifs is 4. The predicted molar refractivity (Wildman–Crippen MR) is 292 cm³/mol. The van der Waals surface area contributed by atoms with Crippen LogP contribution in [0.5, 0.6) is 0 Å². The molecule has 0 atom stereocenters. The molecule has 0 N–H and O–H groups in total. The summed E-state index contributed by atoms with van der Waals surface area (Å²) >= 11 is 1.78. The highest BCUT2D eigenvalue weighted by molar-refractivity contribution is 7.17. The zero-order valence-corrected chi connectivity index (χ0v) is 38.7. The number of aromatic nitrogens is 4. The molecule has 0 saturated heterocycles. The van der Waals surface area contributed by atoms with Gasteiger partial charge in [0, 0.05) is 53.2 Å². The van der Waals surface area contributed by atoms with E-state index in [1.54, 1.807) is 11.3 Å². The van der Waals surface area contributed by atoms with Crippen LogP contribution in [0.2, 0.25) is 0 Å². The molecule has 0 spiro atoms. The van der Waals surface area contributed by atoms with E-state index in [9.17, 15) is 0 Å². The van der Waals surface area contributed by atoms with E-state index in [4.69, 9.17) is 21.5 Å². The lowest BCUT2D eigenvalue weighted by Gasteiger charge is -2.16. The van der Waals surface area contributed by atoms with E-state index in [0.717, 1.165) is 70.8 Å². The molecule has 12 rings (SSSR count). The summed E-state index contributed by atoms with van der Waals surface area (Å²) in [4.78, 5) is 15.2. The van der Waals surface area contributed by atoms with Crippen molar-refractivity contribution in [2.75, 3.05) is 0 Å². The number of hydrogen-bond donors (Lipinski definition) is 0. The number of allylic oxidation sites excluding steroid dienone is 2. The third-order valence-electron chi connectivity index (χ3n) is 12.9. The van der Waals surface area contributed by atoms with Crippen LogP contribution in [0.3, 0.4) is 0 Å². The Morgan fingerprint density at radius 3 is 1.65 bits per heavy atom. The lowest BCUT2D eigenvalue weighted by Crippen LogP contribution is -2.15. The maximum absolute atomic E-state index is 5.10. The molecule has 0 bridgehead atoms. The lowest BCUT2D eigenvalue weighted by atomic mass is 9.94. The maximum Gasteiger partial charge on any atom is 0.164 e. The second-order valence-electron chi connectivity index (χ2n) is 17.2. The third-order valence-corrected chi connectivity index (χ3v) is 14.2. The van der Waals surface area contributed by atoms with Crippen molar-refractivity contribution in [3.63, 3.8) is 0 Å². The van der Waals surface area contributed by atoms with E-state index in [2.05, 4.69) is 181 Å². The number of hydrogen-bond acceptors (Lipinski definition) is 4. The van der Waals surface area contributed by atoms with Crippen LogP contribution in [-0.2, 0) is 0 Å². The largest absolute Gasteiger partial charge is 0.309 e. The van der Waals surface area contributed by atoms with Crippen LogP contribution in [0.4, 0.5) is 0 Å². The molecular weight excluding hydrogens is 857 g/mol. The number of rotatable bonds is 9. The number of benzene rings is 9. The molecule has 0 unspecified atom stereocenters. The Morgan fingerprint density at radius 2 is 0.942 bits per heavy atom. The first-order valence-corrected chi connectivity index (χ1v) is 24.0. The molecule has 12 aromatic rings. The second kappa shape index (κ2) is 17.8. The van der Waals surface area contributed by atoms with Gasteiger partial charge in [-0.25, -0.2) is 15.0 Å². The minimum atomic E-state index is 0.617. The van der Waals surface area contributed by atoms with Crippen molar-refractivity contribution in [3.05, 3.63) is 240 Å². The summed E-state index contributed by atoms with van der Waals surface area (Å²) in [7, 11) is 0. The standard InChI is InChI=1S/C64H44N4S/c1-3-4-34-60-42(2)55-39-51(40-56(61(55)69-60)49-28-19-29-50(38-49)64-66-62(44-22-10-6-11-23-44)65-63(67-64)45-24-12-7-13-25-45)52-30-14-16-32-57(52)68-58-33-17-15-31-53(58)54-36-35-48(41-59(54)68)47-27-18-26-46(37-47)43-20-8-5-9-21-43/h3-41H,2H2,1H3/b4-3-,60-34+. The van der Waals surface area contributed by atoms with Gasteiger partial charge >= 0.3 is 0 Å². The summed E-state index contributed by atoms with van der Waals surface area (Å²) in [6, 6.07) is 77.6. The zero-order valence-electron chi connectivity index (χ0n) is 37.9. The van der Waals surface area contributed by atoms with Gasteiger partial charge < -0.3 is 4.57 Å². The normalized spacial score (nSPS) is 11.9. The Bertz CT molecular complexity index is 3980. The highest BCUT2D eigenvalue weighted by Crippen LogP contribution is 2.41. The topological polar surface area (TPSA) is 43.6 Å². The molecule has 5 heteroatoms. The van der Waals surface area contributed by atoms with Gasteiger partial charge in [-0.1, -0.05) is 195 Å². The van der Waals surface area contributed by atoms with Crippen LogP contribution in [0.25, 0.3) is 129 Å². The van der Waals surface area contributed by atoms with Crippen LogP contribution in [0.1, 0.15) is 6.92 Å². The first-order chi connectivity index (χ1) is 34.1. The van der Waals surface area contributed by atoms with Gasteiger partial charge in [-0.3, -0.25) is 0 Å². The van der Waals surface area contributed by atoms with Crippen molar-refractivity contribution in [1.29, 1.82) is 0 Å². The monoisotopic (exact) mass is 900 g/mol. The molecule has 69 heavy (non-hydrogen) atoms. The minimum Gasteiger partial charge on any atom is -0.309 e. The highest BCUT2D eigenvalue weighted by Gasteiger charge is 2.20. The van der Waals surface area contributed by atoms with Gasteiger partial charge in [0.05, 0.1) is 16.7 Å². The quantitative estimate of drug-likeness (QED) is 0.145. The van der Waals surface area contributed by atoms with Crippen molar-refractivity contribution in [3.8, 4) is 84.4 Å². The molecule has 0 amide bonds. The summed E-state index contributed by atoms with van der Waals surface area (Å²) in [5.74, 6) is 1.88. The molecule has 326 valence electrons. The third kappa shape index (κ3) is 7.75. The van der Waals surface area contributed by atoms with E-state index in [-0.39, 0.29) is 0 Å². The van der Waals surface area contributed by atoms with Gasteiger partial charge in [0.1, 0.15) is 0 Å². The fraction of sp³-hybridized carbons (Fsp3) is 0.0156. The summed E-state index contributed by atoms with van der Waals surface area (Å²) in [6.45, 7) is 6.75. The lowest BCUT2D eigenvalue weighted by molar-refractivity contribution is 1.07. The number of thiophene rings is 1. The van der Waals surface area contributed by atoms with Gasteiger partial charge in [-0.2, -0.15) is 0 Å². The first-order valence-electron chi connectivity index (χ1n) is 23.2. The van der Waals surface area contributed by atoms with Crippen molar-refractivity contribution in [2.45, 2.75) is 6.92 Å². The molecule has 0 aliphatic rings. The predicted octanol–water partition coefficient (Wildman–Crippen LogP) is 15.6. The van der Waals surface area contributed by atoms with Gasteiger partial charge in [0.25, 0.3) is 0 Å². The fourth-order valence-electron chi connectivity index (χ4n) is 9.55.